The first-order valence-corrected chi connectivity index (χ1v) is 6.61. The summed E-state index contributed by atoms with van der Waals surface area (Å²) in [6, 6.07) is 3.27. The van der Waals surface area contributed by atoms with Gasteiger partial charge in [-0.2, -0.15) is 0 Å². The number of hydrogen-bond donors (Lipinski definition) is 1. The van der Waals surface area contributed by atoms with E-state index >= 15 is 0 Å². The standard InChI is InChI=1S/C14H20N2O2/c1-2-10-4-3-5-12(8-10)18-14(17)13-7-6-11(15)9-16-13/h6-7,9-10,12H,2-5,8,15H2,1H3. The van der Waals surface area contributed by atoms with Gasteiger partial charge in [-0.05, 0) is 37.3 Å². The molecular formula is C14H20N2O2. The maximum absolute atomic E-state index is 11.9. The second-order valence-electron chi connectivity index (χ2n) is 4.94. The first-order chi connectivity index (χ1) is 8.69. The van der Waals surface area contributed by atoms with Crippen molar-refractivity contribution in [3.8, 4) is 0 Å². The van der Waals surface area contributed by atoms with Crippen LogP contribution in [0.2, 0.25) is 0 Å². The summed E-state index contributed by atoms with van der Waals surface area (Å²) in [4.78, 5) is 15.9. The Morgan fingerprint density at radius 3 is 3.00 bits per heavy atom. The Labute approximate surface area is 108 Å². The van der Waals surface area contributed by atoms with Gasteiger partial charge in [-0.15, -0.1) is 0 Å². The molecule has 0 radical (unpaired) electrons. The highest BCUT2D eigenvalue weighted by molar-refractivity contribution is 5.87. The van der Waals surface area contributed by atoms with Gasteiger partial charge in [0.15, 0.2) is 0 Å². The van der Waals surface area contributed by atoms with E-state index in [0.717, 1.165) is 25.7 Å². The lowest BCUT2D eigenvalue weighted by atomic mass is 9.85. The third kappa shape index (κ3) is 3.22. The van der Waals surface area contributed by atoms with Crippen molar-refractivity contribution in [3.05, 3.63) is 24.0 Å². The lowest BCUT2D eigenvalue weighted by Gasteiger charge is -2.28. The molecule has 1 fully saturated rings. The Hall–Kier alpha value is -1.58. The van der Waals surface area contributed by atoms with Crippen molar-refractivity contribution in [3.63, 3.8) is 0 Å². The number of esters is 1. The number of nitrogens with zero attached hydrogens (tertiary/aromatic N) is 1. The van der Waals surface area contributed by atoms with E-state index in [1.165, 1.54) is 12.6 Å². The highest BCUT2D eigenvalue weighted by Crippen LogP contribution is 2.28. The number of pyridine rings is 1. The van der Waals surface area contributed by atoms with Crippen molar-refractivity contribution in [1.82, 2.24) is 4.98 Å². The smallest absolute Gasteiger partial charge is 0.357 e. The van der Waals surface area contributed by atoms with Gasteiger partial charge in [-0.25, -0.2) is 9.78 Å². The fourth-order valence-electron chi connectivity index (χ4n) is 2.46. The van der Waals surface area contributed by atoms with Crippen molar-refractivity contribution in [2.45, 2.75) is 45.1 Å². The highest BCUT2D eigenvalue weighted by Gasteiger charge is 2.24. The lowest BCUT2D eigenvalue weighted by molar-refractivity contribution is 0.0133. The molecule has 1 aliphatic rings. The van der Waals surface area contributed by atoms with E-state index in [1.54, 1.807) is 12.1 Å². The minimum atomic E-state index is -0.336. The van der Waals surface area contributed by atoms with Gasteiger partial charge in [0.25, 0.3) is 0 Å². The number of carbonyl (C=O) groups is 1. The monoisotopic (exact) mass is 248 g/mol. The van der Waals surface area contributed by atoms with Gasteiger partial charge < -0.3 is 10.5 Å². The minimum Gasteiger partial charge on any atom is -0.458 e. The van der Waals surface area contributed by atoms with Gasteiger partial charge >= 0.3 is 5.97 Å². The quantitative estimate of drug-likeness (QED) is 0.835. The lowest BCUT2D eigenvalue weighted by Crippen LogP contribution is -2.25. The maximum atomic E-state index is 11.9. The largest absolute Gasteiger partial charge is 0.458 e. The normalized spacial score (nSPS) is 23.6. The van der Waals surface area contributed by atoms with Gasteiger partial charge in [0.05, 0.1) is 11.9 Å². The zero-order valence-electron chi connectivity index (χ0n) is 10.8. The maximum Gasteiger partial charge on any atom is 0.357 e. The summed E-state index contributed by atoms with van der Waals surface area (Å²) in [6.45, 7) is 2.19. The summed E-state index contributed by atoms with van der Waals surface area (Å²) >= 11 is 0. The molecule has 0 aromatic carbocycles. The van der Waals surface area contributed by atoms with Crippen LogP contribution < -0.4 is 5.73 Å². The summed E-state index contributed by atoms with van der Waals surface area (Å²) in [5.41, 5.74) is 6.42. The van der Waals surface area contributed by atoms with Crippen LogP contribution in [0.1, 0.15) is 49.5 Å². The Bertz CT molecular complexity index is 403. The molecule has 1 saturated carbocycles. The molecule has 0 amide bonds. The number of ether oxygens (including phenoxy) is 1. The van der Waals surface area contributed by atoms with Crippen LogP contribution in [0.25, 0.3) is 0 Å². The van der Waals surface area contributed by atoms with Crippen molar-refractivity contribution < 1.29 is 9.53 Å². The third-order valence-electron chi connectivity index (χ3n) is 3.58. The van der Waals surface area contributed by atoms with Crippen LogP contribution in [-0.4, -0.2) is 17.1 Å². The molecule has 0 bridgehead atoms. The number of aromatic nitrogens is 1. The second-order valence-corrected chi connectivity index (χ2v) is 4.94. The molecule has 0 spiro atoms. The molecule has 18 heavy (non-hydrogen) atoms. The summed E-state index contributed by atoms with van der Waals surface area (Å²) in [6.07, 6.45) is 7.04. The van der Waals surface area contributed by atoms with Crippen LogP contribution in [0, 0.1) is 5.92 Å². The predicted octanol–water partition coefficient (Wildman–Crippen LogP) is 2.79. The van der Waals surface area contributed by atoms with E-state index in [4.69, 9.17) is 10.5 Å². The van der Waals surface area contributed by atoms with Crippen LogP contribution in [0.4, 0.5) is 5.69 Å². The van der Waals surface area contributed by atoms with Gasteiger partial charge in [-0.3, -0.25) is 0 Å². The Kier molecular flexibility index (Phi) is 4.18. The van der Waals surface area contributed by atoms with Crippen molar-refractivity contribution in [1.29, 1.82) is 0 Å². The summed E-state index contributed by atoms with van der Waals surface area (Å²) in [5, 5.41) is 0. The van der Waals surface area contributed by atoms with Gasteiger partial charge in [-0.1, -0.05) is 19.8 Å². The van der Waals surface area contributed by atoms with E-state index in [-0.39, 0.29) is 12.1 Å². The van der Waals surface area contributed by atoms with E-state index in [9.17, 15) is 4.79 Å². The van der Waals surface area contributed by atoms with Crippen LogP contribution in [0.3, 0.4) is 0 Å². The molecular weight excluding hydrogens is 228 g/mol. The minimum absolute atomic E-state index is 0.0514. The highest BCUT2D eigenvalue weighted by atomic mass is 16.5. The molecule has 2 rings (SSSR count). The first kappa shape index (κ1) is 12.9. The summed E-state index contributed by atoms with van der Waals surface area (Å²) in [7, 11) is 0. The van der Waals surface area contributed by atoms with Crippen LogP contribution in [0.5, 0.6) is 0 Å². The molecule has 2 atom stereocenters. The van der Waals surface area contributed by atoms with E-state index in [2.05, 4.69) is 11.9 Å². The van der Waals surface area contributed by atoms with Crippen molar-refractivity contribution in [2.24, 2.45) is 5.92 Å². The number of hydrogen-bond acceptors (Lipinski definition) is 4. The molecule has 2 unspecified atom stereocenters. The first-order valence-electron chi connectivity index (χ1n) is 6.61. The molecule has 98 valence electrons. The number of anilines is 1. The van der Waals surface area contributed by atoms with E-state index < -0.39 is 0 Å². The van der Waals surface area contributed by atoms with Crippen LogP contribution in [-0.2, 0) is 4.74 Å². The molecule has 1 aromatic rings. The molecule has 0 saturated heterocycles. The predicted molar refractivity (Wildman–Crippen MR) is 70.1 cm³/mol. The van der Waals surface area contributed by atoms with Gasteiger partial charge in [0.2, 0.25) is 0 Å². The molecule has 1 aliphatic carbocycles. The van der Waals surface area contributed by atoms with Crippen LogP contribution >= 0.6 is 0 Å². The van der Waals surface area contributed by atoms with Crippen molar-refractivity contribution >= 4 is 11.7 Å². The zero-order valence-corrected chi connectivity index (χ0v) is 10.8. The molecule has 0 aliphatic heterocycles. The Balaban J connectivity index is 1.92. The summed E-state index contributed by atoms with van der Waals surface area (Å²) < 4.78 is 5.51. The van der Waals surface area contributed by atoms with E-state index in [1.807, 2.05) is 0 Å². The molecule has 1 aromatic heterocycles. The van der Waals surface area contributed by atoms with Crippen molar-refractivity contribution in [2.75, 3.05) is 5.73 Å². The van der Waals surface area contributed by atoms with E-state index in [0.29, 0.717) is 17.3 Å². The van der Waals surface area contributed by atoms with Crippen LogP contribution in [0.15, 0.2) is 18.3 Å². The zero-order chi connectivity index (χ0) is 13.0. The molecule has 2 N–H and O–H groups in total. The fourth-order valence-corrected chi connectivity index (χ4v) is 2.46. The topological polar surface area (TPSA) is 65.2 Å². The summed E-state index contributed by atoms with van der Waals surface area (Å²) in [5.74, 6) is 0.354. The molecule has 4 nitrogen and oxygen atoms in total. The average molecular weight is 248 g/mol. The average Bonchev–Trinajstić information content (AvgIpc) is 2.39. The fraction of sp³-hybridized carbons (Fsp3) is 0.571. The second kappa shape index (κ2) is 5.85. The number of nitrogen functional groups attached to an aromatic ring is 1. The van der Waals surface area contributed by atoms with Gasteiger partial charge in [0.1, 0.15) is 11.8 Å². The number of rotatable bonds is 3. The Morgan fingerprint density at radius 2 is 2.33 bits per heavy atom. The Morgan fingerprint density at radius 1 is 1.50 bits per heavy atom. The molecule has 4 heteroatoms. The number of carbonyl (C=O) groups excluding carboxylic acids is 1. The SMILES string of the molecule is CCC1CCCC(OC(=O)c2ccc(N)cn2)C1. The molecule has 1 heterocycles. The van der Waals surface area contributed by atoms with Gasteiger partial charge in [0, 0.05) is 0 Å². The number of nitrogens with two attached hydrogens (primary N) is 1. The third-order valence-corrected chi connectivity index (χ3v) is 3.58.